The number of esters is 1. The molecule has 0 amide bonds. The Hall–Kier alpha value is -0.270. The van der Waals surface area contributed by atoms with Gasteiger partial charge in [0.2, 0.25) is 12.3 Å². The molecule has 2 rings (SSSR count). The maximum Gasteiger partial charge on any atom is 0.306 e. The SMILES string of the molecule is CC1(C(=O)C[n+]2cc(Br)cc(Br)c2)CCC(=O)O1.[Br-]. The van der Waals surface area contributed by atoms with Gasteiger partial charge >= 0.3 is 5.97 Å². The highest BCUT2D eigenvalue weighted by Gasteiger charge is 2.43. The zero-order chi connectivity index (χ0) is 13.3. The van der Waals surface area contributed by atoms with Crippen molar-refractivity contribution in [1.82, 2.24) is 0 Å². The molecule has 7 heteroatoms. The van der Waals surface area contributed by atoms with E-state index in [-0.39, 0.29) is 35.3 Å². The second-order valence-corrected chi connectivity index (χ2v) is 6.30. The molecule has 0 N–H and O–H groups in total. The summed E-state index contributed by atoms with van der Waals surface area (Å²) in [5, 5.41) is 0. The molecule has 19 heavy (non-hydrogen) atoms. The van der Waals surface area contributed by atoms with Gasteiger partial charge in [0.05, 0.1) is 8.95 Å². The van der Waals surface area contributed by atoms with Crippen molar-refractivity contribution in [2.45, 2.75) is 31.9 Å². The predicted molar refractivity (Wildman–Crippen MR) is 70.8 cm³/mol. The topological polar surface area (TPSA) is 47.2 Å². The standard InChI is InChI=1S/C12H12Br2NO3.BrH/c1-12(3-2-11(17)18-12)10(16)7-15-5-8(13)4-9(14)6-15;/h4-6H,2-3,7H2,1H3;1H/q+1;/p-1. The van der Waals surface area contributed by atoms with E-state index in [1.807, 2.05) is 18.5 Å². The van der Waals surface area contributed by atoms with Crippen LogP contribution >= 0.6 is 31.9 Å². The Balaban J connectivity index is 0.00000180. The lowest BCUT2D eigenvalue weighted by molar-refractivity contribution is -0.685. The number of pyridine rings is 1. The van der Waals surface area contributed by atoms with E-state index in [0.717, 1.165) is 8.95 Å². The lowest BCUT2D eigenvalue weighted by Crippen LogP contribution is -3.00. The Labute approximate surface area is 138 Å². The first kappa shape index (κ1) is 16.8. The number of halogens is 3. The van der Waals surface area contributed by atoms with Crippen LogP contribution in [0.2, 0.25) is 0 Å². The van der Waals surface area contributed by atoms with Gasteiger partial charge in [-0.25, -0.2) is 0 Å². The van der Waals surface area contributed by atoms with Crippen LogP contribution < -0.4 is 21.5 Å². The third-order valence-electron chi connectivity index (χ3n) is 2.92. The highest BCUT2D eigenvalue weighted by atomic mass is 79.9. The fraction of sp³-hybridized carbons (Fsp3) is 0.417. The van der Waals surface area contributed by atoms with Gasteiger partial charge in [0.25, 0.3) is 0 Å². The predicted octanol–water partition coefficient (Wildman–Crippen LogP) is -0.832. The van der Waals surface area contributed by atoms with Gasteiger partial charge in [-0.2, -0.15) is 4.57 Å². The van der Waals surface area contributed by atoms with E-state index >= 15 is 0 Å². The number of cyclic esters (lactones) is 1. The number of rotatable bonds is 3. The van der Waals surface area contributed by atoms with Gasteiger partial charge < -0.3 is 21.7 Å². The number of Topliss-reactive ketones (excluding diaryl/α,β-unsaturated/α-hetero) is 1. The second-order valence-electron chi connectivity index (χ2n) is 4.47. The molecule has 2 heterocycles. The number of aromatic nitrogens is 1. The summed E-state index contributed by atoms with van der Waals surface area (Å²) in [5.74, 6) is -0.394. The van der Waals surface area contributed by atoms with Crippen LogP contribution in [0.1, 0.15) is 19.8 Å². The van der Waals surface area contributed by atoms with E-state index in [4.69, 9.17) is 4.74 Å². The van der Waals surface area contributed by atoms with Crippen LogP contribution in [0.15, 0.2) is 27.4 Å². The maximum atomic E-state index is 12.2. The quantitative estimate of drug-likeness (QED) is 0.440. The largest absolute Gasteiger partial charge is 1.00 e. The minimum atomic E-state index is -0.973. The average molecular weight is 458 g/mol. The van der Waals surface area contributed by atoms with Gasteiger partial charge in [-0.05, 0) is 44.8 Å². The molecule has 1 aromatic rings. The molecule has 4 nitrogen and oxygen atoms in total. The van der Waals surface area contributed by atoms with E-state index in [1.54, 1.807) is 11.5 Å². The molecule has 0 bridgehead atoms. The van der Waals surface area contributed by atoms with E-state index in [2.05, 4.69) is 31.9 Å². The summed E-state index contributed by atoms with van der Waals surface area (Å²) in [7, 11) is 0. The number of ether oxygens (including phenoxy) is 1. The van der Waals surface area contributed by atoms with E-state index in [9.17, 15) is 9.59 Å². The van der Waals surface area contributed by atoms with E-state index in [0.29, 0.717) is 12.8 Å². The number of carbonyl (C=O) groups is 2. The molecule has 0 aromatic carbocycles. The van der Waals surface area contributed by atoms with Gasteiger partial charge in [-0.15, -0.1) is 0 Å². The Kier molecular flexibility index (Phi) is 5.70. The molecular formula is C12H12Br3NO3. The number of ketones is 1. The van der Waals surface area contributed by atoms with Crippen LogP contribution in [0, 0.1) is 0 Å². The Bertz CT molecular complexity index is 501. The van der Waals surface area contributed by atoms with Crippen molar-refractivity contribution in [3.63, 3.8) is 0 Å². The minimum Gasteiger partial charge on any atom is -1.00 e. The number of hydrogen-bond acceptors (Lipinski definition) is 3. The van der Waals surface area contributed by atoms with Crippen molar-refractivity contribution < 1.29 is 35.9 Å². The third kappa shape index (κ3) is 4.10. The van der Waals surface area contributed by atoms with Gasteiger partial charge in [-0.1, -0.05) is 0 Å². The first-order valence-electron chi connectivity index (χ1n) is 5.49. The van der Waals surface area contributed by atoms with Gasteiger partial charge in [0.15, 0.2) is 18.0 Å². The monoisotopic (exact) mass is 455 g/mol. The number of hydrogen-bond donors (Lipinski definition) is 0. The molecular weight excluding hydrogens is 446 g/mol. The molecule has 1 atom stereocenters. The molecule has 0 spiro atoms. The second kappa shape index (κ2) is 6.45. The van der Waals surface area contributed by atoms with Crippen LogP contribution in [-0.2, 0) is 20.9 Å². The molecule has 0 aliphatic carbocycles. The van der Waals surface area contributed by atoms with Gasteiger partial charge in [0, 0.05) is 12.8 Å². The zero-order valence-electron chi connectivity index (χ0n) is 10.2. The maximum absolute atomic E-state index is 12.2. The van der Waals surface area contributed by atoms with E-state index in [1.165, 1.54) is 0 Å². The molecule has 1 saturated heterocycles. The van der Waals surface area contributed by atoms with Crippen LogP contribution in [0.25, 0.3) is 0 Å². The van der Waals surface area contributed by atoms with Crippen molar-refractivity contribution in [3.8, 4) is 0 Å². The Morgan fingerprint density at radius 2 is 2.00 bits per heavy atom. The molecule has 1 aliphatic heterocycles. The molecule has 1 fully saturated rings. The molecule has 0 radical (unpaired) electrons. The minimum absolute atomic E-state index is 0. The average Bonchev–Trinajstić information content (AvgIpc) is 2.58. The highest BCUT2D eigenvalue weighted by Crippen LogP contribution is 2.27. The highest BCUT2D eigenvalue weighted by molar-refractivity contribution is 9.11. The molecule has 1 aromatic heterocycles. The van der Waals surface area contributed by atoms with Crippen molar-refractivity contribution in [2.75, 3.05) is 0 Å². The number of nitrogens with zero attached hydrogens (tertiary/aromatic N) is 1. The van der Waals surface area contributed by atoms with E-state index < -0.39 is 5.60 Å². The van der Waals surface area contributed by atoms with Crippen molar-refractivity contribution >= 4 is 43.6 Å². The fourth-order valence-corrected chi connectivity index (χ4v) is 3.20. The summed E-state index contributed by atoms with van der Waals surface area (Å²) in [5.41, 5.74) is -0.973. The van der Waals surface area contributed by atoms with Gasteiger partial charge in [-0.3, -0.25) is 9.59 Å². The van der Waals surface area contributed by atoms with Crippen LogP contribution in [-0.4, -0.2) is 17.4 Å². The molecule has 1 aliphatic rings. The summed E-state index contributed by atoms with van der Waals surface area (Å²) in [4.78, 5) is 23.3. The summed E-state index contributed by atoms with van der Waals surface area (Å²) in [6.07, 6.45) is 4.39. The number of carbonyl (C=O) groups excluding carboxylic acids is 2. The third-order valence-corrected chi connectivity index (χ3v) is 3.78. The smallest absolute Gasteiger partial charge is 0.306 e. The Morgan fingerprint density at radius 1 is 1.42 bits per heavy atom. The molecule has 1 unspecified atom stereocenters. The lowest BCUT2D eigenvalue weighted by Gasteiger charge is -2.18. The van der Waals surface area contributed by atoms with Crippen LogP contribution in [0.3, 0.4) is 0 Å². The van der Waals surface area contributed by atoms with Crippen molar-refractivity contribution in [3.05, 3.63) is 27.4 Å². The first-order chi connectivity index (χ1) is 8.39. The molecule has 0 saturated carbocycles. The Morgan fingerprint density at radius 3 is 2.47 bits per heavy atom. The summed E-state index contributed by atoms with van der Waals surface area (Å²) < 4.78 is 8.62. The van der Waals surface area contributed by atoms with Crippen molar-refractivity contribution in [2.24, 2.45) is 0 Å². The van der Waals surface area contributed by atoms with Crippen LogP contribution in [0.5, 0.6) is 0 Å². The lowest BCUT2D eigenvalue weighted by atomic mass is 9.97. The summed E-state index contributed by atoms with van der Waals surface area (Å²) in [6.45, 7) is 1.86. The summed E-state index contributed by atoms with van der Waals surface area (Å²) in [6, 6.07) is 1.89. The first-order valence-corrected chi connectivity index (χ1v) is 7.08. The van der Waals surface area contributed by atoms with Crippen LogP contribution in [0.4, 0.5) is 0 Å². The molecule has 104 valence electrons. The fourth-order valence-electron chi connectivity index (χ4n) is 1.87. The van der Waals surface area contributed by atoms with Crippen molar-refractivity contribution in [1.29, 1.82) is 0 Å². The zero-order valence-corrected chi connectivity index (χ0v) is 14.9. The van der Waals surface area contributed by atoms with Gasteiger partial charge in [0.1, 0.15) is 0 Å². The normalized spacial score (nSPS) is 21.7. The summed E-state index contributed by atoms with van der Waals surface area (Å²) >= 11 is 6.72.